The number of hydrogen-bond donors (Lipinski definition) is 1. The summed E-state index contributed by atoms with van der Waals surface area (Å²) in [5.41, 5.74) is 8.47. The maximum absolute atomic E-state index is 12.8. The largest absolute Gasteiger partial charge is 0.479 e. The summed E-state index contributed by atoms with van der Waals surface area (Å²) in [7, 11) is 0. The smallest absolute Gasteiger partial charge is 0.337 e. The molecule has 0 radical (unpaired) electrons. The van der Waals surface area contributed by atoms with Crippen molar-refractivity contribution in [2.75, 3.05) is 29.4 Å². The Hall–Kier alpha value is -3.20. The second-order valence-electron chi connectivity index (χ2n) is 14.3. The molecule has 1 fully saturated rings. The molecule has 2 aliphatic rings. The predicted octanol–water partition coefficient (Wildman–Crippen LogP) is 8.76. The zero-order chi connectivity index (χ0) is 32.3. The Morgan fingerprint density at radius 1 is 1.00 bits per heavy atom. The van der Waals surface area contributed by atoms with Crippen LogP contribution in [0, 0.1) is 19.3 Å². The number of halogens is 1. The molecule has 2 aromatic heterocycles. The fraction of sp³-hybridized carbons (Fsp3) is 0.472. The van der Waals surface area contributed by atoms with E-state index in [0.29, 0.717) is 11.3 Å². The maximum Gasteiger partial charge on any atom is 0.337 e. The third-order valence-corrected chi connectivity index (χ3v) is 10.4. The molecule has 0 bridgehead atoms. The molecule has 6 rings (SSSR count). The van der Waals surface area contributed by atoms with Crippen molar-refractivity contribution in [1.82, 2.24) is 9.97 Å². The average molecular weight is 647 g/mol. The Morgan fingerprint density at radius 2 is 1.73 bits per heavy atom. The van der Waals surface area contributed by atoms with Crippen molar-refractivity contribution < 1.29 is 14.6 Å². The van der Waals surface area contributed by atoms with Crippen LogP contribution < -0.4 is 9.80 Å². The number of fused-ring (bicyclic) bond motifs is 2. The van der Waals surface area contributed by atoms with E-state index in [1.807, 2.05) is 52.8 Å². The minimum absolute atomic E-state index is 0.245. The van der Waals surface area contributed by atoms with Crippen LogP contribution in [0.3, 0.4) is 0 Å². The SMILES string of the molecule is Cc1nc(C)c(C(OC(C)(C)C)C(=O)O)c(N2CCC(C)(C)CC2)c1-c1ccc2c(c1)CCN(c1nc3ccc(Cl)cc3s1)C2. The number of piperidine rings is 1. The highest BCUT2D eigenvalue weighted by atomic mass is 35.5. The normalized spacial score (nSPS) is 17.4. The highest BCUT2D eigenvalue weighted by Gasteiger charge is 2.36. The number of pyridine rings is 1. The summed E-state index contributed by atoms with van der Waals surface area (Å²) in [6.45, 7) is 17.7. The van der Waals surface area contributed by atoms with Crippen molar-refractivity contribution in [1.29, 1.82) is 0 Å². The van der Waals surface area contributed by atoms with Crippen LogP contribution in [0.1, 0.15) is 81.6 Å². The van der Waals surface area contributed by atoms with Crippen molar-refractivity contribution in [2.24, 2.45) is 5.41 Å². The molecule has 0 saturated carbocycles. The molecule has 1 N–H and O–H groups in total. The number of aryl methyl sites for hydroxylation is 2. The first-order valence-corrected chi connectivity index (χ1v) is 17.0. The van der Waals surface area contributed by atoms with Gasteiger partial charge in [-0.1, -0.05) is 55.0 Å². The van der Waals surface area contributed by atoms with E-state index in [-0.39, 0.29) is 5.41 Å². The molecule has 0 amide bonds. The van der Waals surface area contributed by atoms with Crippen LogP contribution in [0.4, 0.5) is 10.8 Å². The van der Waals surface area contributed by atoms with Crippen molar-refractivity contribution in [2.45, 2.75) is 86.0 Å². The number of carboxylic acids is 1. The molecule has 1 unspecified atom stereocenters. The van der Waals surface area contributed by atoms with Crippen LogP contribution >= 0.6 is 22.9 Å². The Morgan fingerprint density at radius 3 is 2.42 bits per heavy atom. The molecular weight excluding hydrogens is 604 g/mol. The summed E-state index contributed by atoms with van der Waals surface area (Å²) in [6.07, 6.45) is 1.82. The third kappa shape index (κ3) is 6.56. The zero-order valence-corrected chi connectivity index (χ0v) is 28.9. The lowest BCUT2D eigenvalue weighted by Gasteiger charge is -2.41. The minimum atomic E-state index is -1.13. The number of aliphatic carboxylic acids is 1. The van der Waals surface area contributed by atoms with Crippen LogP contribution in [0.5, 0.6) is 0 Å². The van der Waals surface area contributed by atoms with Gasteiger partial charge < -0.3 is 19.6 Å². The first-order chi connectivity index (χ1) is 21.2. The lowest BCUT2D eigenvalue weighted by atomic mass is 9.81. The molecule has 9 heteroatoms. The summed E-state index contributed by atoms with van der Waals surface area (Å²) < 4.78 is 7.36. The molecule has 0 aliphatic carbocycles. The Bertz CT molecular complexity index is 1770. The maximum atomic E-state index is 12.8. The topological polar surface area (TPSA) is 78.8 Å². The second kappa shape index (κ2) is 11.9. The number of anilines is 2. The summed E-state index contributed by atoms with van der Waals surface area (Å²) >= 11 is 7.91. The number of rotatable bonds is 6. The molecule has 2 aromatic carbocycles. The number of thiazole rings is 1. The number of nitrogens with zero attached hydrogens (tertiary/aromatic N) is 4. The number of benzene rings is 2. The van der Waals surface area contributed by atoms with Gasteiger partial charge in [-0.3, -0.25) is 4.98 Å². The van der Waals surface area contributed by atoms with Crippen LogP contribution in [0.2, 0.25) is 5.02 Å². The molecule has 4 aromatic rings. The van der Waals surface area contributed by atoms with Crippen molar-refractivity contribution in [3.05, 3.63) is 69.5 Å². The lowest BCUT2D eigenvalue weighted by molar-refractivity contribution is -0.160. The Balaban J connectivity index is 1.42. The predicted molar refractivity (Wildman–Crippen MR) is 185 cm³/mol. The summed E-state index contributed by atoms with van der Waals surface area (Å²) in [4.78, 5) is 27.4. The van der Waals surface area contributed by atoms with Gasteiger partial charge in [-0.25, -0.2) is 9.78 Å². The van der Waals surface area contributed by atoms with Crippen molar-refractivity contribution in [3.63, 3.8) is 0 Å². The van der Waals surface area contributed by atoms with Crippen molar-refractivity contribution >= 4 is 49.9 Å². The number of hydrogen-bond acceptors (Lipinski definition) is 7. The zero-order valence-electron chi connectivity index (χ0n) is 27.3. The molecule has 0 spiro atoms. The van der Waals surface area contributed by atoms with E-state index in [0.717, 1.165) is 88.3 Å². The first kappa shape index (κ1) is 31.8. The first-order valence-electron chi connectivity index (χ1n) is 15.8. The molecule has 238 valence electrons. The van der Waals surface area contributed by atoms with Crippen LogP contribution in [-0.4, -0.2) is 46.3 Å². The molecule has 4 heterocycles. The summed E-state index contributed by atoms with van der Waals surface area (Å²) in [5, 5.41) is 12.2. The number of ether oxygens (including phenoxy) is 1. The molecule has 7 nitrogen and oxygen atoms in total. The Kier molecular flexibility index (Phi) is 8.38. The molecule has 1 saturated heterocycles. The summed E-state index contributed by atoms with van der Waals surface area (Å²) in [5.74, 6) is -0.995. The monoisotopic (exact) mass is 646 g/mol. The minimum Gasteiger partial charge on any atom is -0.479 e. The van der Waals surface area contributed by atoms with E-state index >= 15 is 0 Å². The second-order valence-corrected chi connectivity index (χ2v) is 15.7. The van der Waals surface area contributed by atoms with Gasteiger partial charge in [-0.2, -0.15) is 0 Å². The van der Waals surface area contributed by atoms with Crippen LogP contribution in [-0.2, 0) is 22.5 Å². The highest BCUT2D eigenvalue weighted by molar-refractivity contribution is 7.22. The van der Waals surface area contributed by atoms with Gasteiger partial charge in [-0.05, 0) is 94.2 Å². The Labute approximate surface area is 275 Å². The van der Waals surface area contributed by atoms with Gasteiger partial charge in [0.15, 0.2) is 11.2 Å². The van der Waals surface area contributed by atoms with Crippen LogP contribution in [0.15, 0.2) is 36.4 Å². The number of carbonyl (C=O) groups is 1. The number of carboxylic acid groups (broad SMARTS) is 1. The third-order valence-electron chi connectivity index (χ3n) is 9.09. The van der Waals surface area contributed by atoms with E-state index < -0.39 is 17.7 Å². The van der Waals surface area contributed by atoms with Crippen molar-refractivity contribution in [3.8, 4) is 11.1 Å². The summed E-state index contributed by atoms with van der Waals surface area (Å²) in [6, 6.07) is 12.6. The van der Waals surface area contributed by atoms with Gasteiger partial charge in [0, 0.05) is 53.7 Å². The van der Waals surface area contributed by atoms with Gasteiger partial charge in [-0.15, -0.1) is 0 Å². The van der Waals surface area contributed by atoms with Gasteiger partial charge in [0.2, 0.25) is 0 Å². The van der Waals surface area contributed by atoms with E-state index in [1.54, 1.807) is 11.3 Å². The van der Waals surface area contributed by atoms with Gasteiger partial charge in [0.25, 0.3) is 0 Å². The standard InChI is InChI=1S/C36H43ClN4O3S/c1-21-29(24-8-9-25-20-41(15-12-23(25)18-24)34-39-27-11-10-26(37)19-28(27)45-34)31(40-16-13-36(6,7)14-17-40)30(22(2)38-21)32(33(42)43)44-35(3,4)5/h8-11,18-19,32H,12-17,20H2,1-7H3,(H,42,43). The molecule has 1 atom stereocenters. The highest BCUT2D eigenvalue weighted by Crippen LogP contribution is 2.45. The quantitative estimate of drug-likeness (QED) is 0.224. The molecule has 45 heavy (non-hydrogen) atoms. The number of aromatic nitrogens is 2. The fourth-order valence-corrected chi connectivity index (χ4v) is 7.91. The van der Waals surface area contributed by atoms with Crippen LogP contribution in [0.25, 0.3) is 21.3 Å². The lowest BCUT2D eigenvalue weighted by Crippen LogP contribution is -2.39. The average Bonchev–Trinajstić information content (AvgIpc) is 3.38. The van der Waals surface area contributed by atoms with E-state index in [1.165, 1.54) is 11.1 Å². The van der Waals surface area contributed by atoms with E-state index in [4.69, 9.17) is 26.3 Å². The van der Waals surface area contributed by atoms with Gasteiger partial charge >= 0.3 is 5.97 Å². The fourth-order valence-electron chi connectivity index (χ4n) is 6.65. The molecule has 2 aliphatic heterocycles. The van der Waals surface area contributed by atoms with E-state index in [2.05, 4.69) is 41.8 Å². The van der Waals surface area contributed by atoms with Gasteiger partial charge in [0.05, 0.1) is 21.5 Å². The molecular formula is C36H43ClN4O3S. The van der Waals surface area contributed by atoms with Gasteiger partial charge in [0.1, 0.15) is 0 Å². The van der Waals surface area contributed by atoms with E-state index in [9.17, 15) is 9.90 Å².